The minimum Gasteiger partial charge on any atom is -0.497 e. The lowest BCUT2D eigenvalue weighted by atomic mass is 9.63. The van der Waals surface area contributed by atoms with Gasteiger partial charge in [-0.2, -0.15) is 0 Å². The van der Waals surface area contributed by atoms with Crippen molar-refractivity contribution < 1.29 is 23.6 Å². The van der Waals surface area contributed by atoms with E-state index in [0.29, 0.717) is 5.78 Å². The Kier molecular flexibility index (Phi) is 4.20. The number of nitrogens with zero attached hydrogens (tertiary/aromatic N) is 1. The van der Waals surface area contributed by atoms with E-state index in [1.165, 1.54) is 11.1 Å². The summed E-state index contributed by atoms with van der Waals surface area (Å²) >= 11 is 0. The fraction of sp³-hybridized carbons (Fsp3) is 0.619. The lowest BCUT2D eigenvalue weighted by Crippen LogP contribution is -2.53. The molecule has 0 saturated heterocycles. The number of ketones is 1. The third-order valence-electron chi connectivity index (χ3n) is 6.64. The molecular formula is C21H28NO4+. The van der Waals surface area contributed by atoms with Crippen molar-refractivity contribution >= 4 is 11.5 Å². The molecule has 1 aliphatic heterocycles. The minimum absolute atomic E-state index is 0.0509. The summed E-state index contributed by atoms with van der Waals surface area (Å²) in [5.74, 6) is 1.15. The molecule has 0 aromatic heterocycles. The maximum atomic E-state index is 13.6. The summed E-state index contributed by atoms with van der Waals surface area (Å²) in [4.78, 5) is 13.6. The highest BCUT2D eigenvalue weighted by atomic mass is 16.7. The predicted molar refractivity (Wildman–Crippen MR) is 98.1 cm³/mol. The van der Waals surface area contributed by atoms with Crippen molar-refractivity contribution in [2.75, 3.05) is 34.9 Å². The van der Waals surface area contributed by atoms with E-state index in [1.54, 1.807) is 21.3 Å². The highest BCUT2D eigenvalue weighted by molar-refractivity contribution is 6.46. The average molecular weight is 358 g/mol. The molecule has 1 heterocycles. The molecular weight excluding hydrogens is 330 g/mol. The van der Waals surface area contributed by atoms with Crippen molar-refractivity contribution in [2.24, 2.45) is 5.41 Å². The summed E-state index contributed by atoms with van der Waals surface area (Å²) in [7, 11) is 7.05. The average Bonchev–Trinajstić information content (AvgIpc) is 2.79. The Labute approximate surface area is 154 Å². The SMILES string of the molecule is COc1ccc2c(c1)C1(CCCC(OC)OC)CC3(C2)C[N+](C)=C3C1=O. The number of benzene rings is 1. The van der Waals surface area contributed by atoms with E-state index in [1.807, 2.05) is 13.1 Å². The van der Waals surface area contributed by atoms with Crippen LogP contribution < -0.4 is 4.74 Å². The molecule has 1 aromatic rings. The molecule has 140 valence electrons. The van der Waals surface area contributed by atoms with Gasteiger partial charge in [-0.05, 0) is 55.4 Å². The topological polar surface area (TPSA) is 47.8 Å². The first-order chi connectivity index (χ1) is 12.5. The number of carbonyl (C=O) groups excluding carboxylic acids is 1. The Morgan fingerprint density at radius 3 is 2.65 bits per heavy atom. The maximum absolute atomic E-state index is 13.6. The third-order valence-corrected chi connectivity index (χ3v) is 6.64. The van der Waals surface area contributed by atoms with Gasteiger partial charge < -0.3 is 14.2 Å². The van der Waals surface area contributed by atoms with Crippen LogP contribution in [0.4, 0.5) is 0 Å². The molecule has 5 nitrogen and oxygen atoms in total. The smallest absolute Gasteiger partial charge is 0.233 e. The number of hydrogen-bond acceptors (Lipinski definition) is 4. The molecule has 2 aliphatic carbocycles. The van der Waals surface area contributed by atoms with Gasteiger partial charge >= 0.3 is 0 Å². The fourth-order valence-electron chi connectivity index (χ4n) is 5.67. The van der Waals surface area contributed by atoms with E-state index in [9.17, 15) is 4.79 Å². The van der Waals surface area contributed by atoms with Crippen LogP contribution in [0.5, 0.6) is 5.75 Å². The molecule has 2 unspecified atom stereocenters. The van der Waals surface area contributed by atoms with Crippen LogP contribution in [0.25, 0.3) is 0 Å². The minimum atomic E-state index is -0.422. The van der Waals surface area contributed by atoms with E-state index in [4.69, 9.17) is 14.2 Å². The molecule has 0 amide bonds. The predicted octanol–water partition coefficient (Wildman–Crippen LogP) is 2.33. The summed E-state index contributed by atoms with van der Waals surface area (Å²) in [6.07, 6.45) is 4.20. The van der Waals surface area contributed by atoms with Gasteiger partial charge in [0.15, 0.2) is 12.8 Å². The first kappa shape index (κ1) is 17.7. The van der Waals surface area contributed by atoms with Gasteiger partial charge in [-0.25, -0.2) is 4.58 Å². The van der Waals surface area contributed by atoms with Gasteiger partial charge in [-0.1, -0.05) is 6.07 Å². The lowest BCUT2D eigenvalue weighted by Gasteiger charge is -2.39. The molecule has 1 spiro atoms. The van der Waals surface area contributed by atoms with Gasteiger partial charge in [0.25, 0.3) is 0 Å². The molecule has 1 saturated carbocycles. The number of methoxy groups -OCH3 is 3. The fourth-order valence-corrected chi connectivity index (χ4v) is 5.67. The van der Waals surface area contributed by atoms with Gasteiger partial charge in [-0.15, -0.1) is 0 Å². The summed E-state index contributed by atoms with van der Waals surface area (Å²) in [6, 6.07) is 6.27. The number of ether oxygens (including phenoxy) is 3. The molecule has 5 heteroatoms. The molecule has 3 aliphatic rings. The second-order valence-electron chi connectivity index (χ2n) is 8.07. The second kappa shape index (κ2) is 6.17. The summed E-state index contributed by atoms with van der Waals surface area (Å²) in [5.41, 5.74) is 3.16. The highest BCUT2D eigenvalue weighted by Gasteiger charge is 2.71. The maximum Gasteiger partial charge on any atom is 0.233 e. The first-order valence-corrected chi connectivity index (χ1v) is 9.36. The summed E-state index contributed by atoms with van der Waals surface area (Å²) in [5, 5.41) is 0. The zero-order valence-electron chi connectivity index (χ0n) is 16.1. The van der Waals surface area contributed by atoms with E-state index in [-0.39, 0.29) is 11.7 Å². The number of hydrogen-bond donors (Lipinski definition) is 0. The van der Waals surface area contributed by atoms with Crippen molar-refractivity contribution in [3.05, 3.63) is 29.3 Å². The monoisotopic (exact) mass is 358 g/mol. The van der Waals surface area contributed by atoms with Gasteiger partial charge in [-0.3, -0.25) is 4.79 Å². The molecule has 2 atom stereocenters. The van der Waals surface area contributed by atoms with Gasteiger partial charge in [0, 0.05) is 14.2 Å². The summed E-state index contributed by atoms with van der Waals surface area (Å²) in [6.45, 7) is 0.986. The van der Waals surface area contributed by atoms with Gasteiger partial charge in [0.2, 0.25) is 11.5 Å². The van der Waals surface area contributed by atoms with Crippen LogP contribution in [0.2, 0.25) is 0 Å². The number of rotatable bonds is 7. The van der Waals surface area contributed by atoms with Crippen molar-refractivity contribution in [3.8, 4) is 5.75 Å². The molecule has 2 bridgehead atoms. The zero-order chi connectivity index (χ0) is 18.5. The van der Waals surface area contributed by atoms with Crippen molar-refractivity contribution in [3.63, 3.8) is 0 Å². The zero-order valence-corrected chi connectivity index (χ0v) is 16.1. The lowest BCUT2D eigenvalue weighted by molar-refractivity contribution is -0.546. The number of fused-ring (bicyclic) bond motifs is 3. The van der Waals surface area contributed by atoms with Crippen molar-refractivity contribution in [1.82, 2.24) is 0 Å². The largest absolute Gasteiger partial charge is 0.497 e. The standard InChI is InChI=1S/C21H28NO4/c1-22-13-20-11-14-7-8-15(24-2)10-16(14)21(12-20,19(23)18(20)22)9-5-6-17(25-3)26-4/h7-8,10,17H,5-6,9,11-13H2,1-4H3/q+1. The second-order valence-corrected chi connectivity index (χ2v) is 8.07. The Morgan fingerprint density at radius 2 is 2.00 bits per heavy atom. The Bertz CT molecular complexity index is 782. The highest BCUT2D eigenvalue weighted by Crippen LogP contribution is 2.59. The van der Waals surface area contributed by atoms with Crippen LogP contribution >= 0.6 is 0 Å². The Balaban J connectivity index is 1.72. The number of Topliss-reactive ketones (excluding diaryl/α,β-unsaturated/α-hetero) is 1. The third kappa shape index (κ3) is 2.30. The Morgan fingerprint density at radius 1 is 1.23 bits per heavy atom. The van der Waals surface area contributed by atoms with E-state index >= 15 is 0 Å². The molecule has 26 heavy (non-hydrogen) atoms. The first-order valence-electron chi connectivity index (χ1n) is 9.36. The van der Waals surface area contributed by atoms with Gasteiger partial charge in [0.1, 0.15) is 18.2 Å². The van der Waals surface area contributed by atoms with Crippen LogP contribution in [-0.2, 0) is 26.1 Å². The van der Waals surface area contributed by atoms with E-state index in [2.05, 4.69) is 16.7 Å². The van der Waals surface area contributed by atoms with E-state index < -0.39 is 5.41 Å². The summed E-state index contributed by atoms with van der Waals surface area (Å²) < 4.78 is 18.3. The molecule has 1 aromatic carbocycles. The normalized spacial score (nSPS) is 28.9. The van der Waals surface area contributed by atoms with Crippen LogP contribution in [0.15, 0.2) is 18.2 Å². The molecule has 1 fully saturated rings. The van der Waals surface area contributed by atoms with Crippen LogP contribution in [-0.4, -0.2) is 57.3 Å². The Hall–Kier alpha value is -1.72. The van der Waals surface area contributed by atoms with Crippen molar-refractivity contribution in [1.29, 1.82) is 0 Å². The number of carbonyl (C=O) groups is 1. The van der Waals surface area contributed by atoms with Crippen LogP contribution in [0.3, 0.4) is 0 Å². The molecule has 4 rings (SSSR count). The molecule has 0 radical (unpaired) electrons. The van der Waals surface area contributed by atoms with Gasteiger partial charge in [0.05, 0.1) is 12.5 Å². The van der Waals surface area contributed by atoms with Crippen molar-refractivity contribution in [2.45, 2.75) is 43.8 Å². The molecule has 0 N–H and O–H groups in total. The van der Waals surface area contributed by atoms with E-state index in [0.717, 1.165) is 50.1 Å². The van der Waals surface area contributed by atoms with Crippen LogP contribution in [0, 0.1) is 5.41 Å². The van der Waals surface area contributed by atoms with Crippen LogP contribution in [0.1, 0.15) is 36.8 Å². The quantitative estimate of drug-likeness (QED) is 0.554.